The molecule has 0 bridgehead atoms. The average molecular weight is 257 g/mol. The van der Waals surface area contributed by atoms with E-state index in [0.717, 1.165) is 23.7 Å². The molecule has 3 heteroatoms. The van der Waals surface area contributed by atoms with Gasteiger partial charge in [-0.2, -0.15) is 5.26 Å². The molecule has 0 unspecified atom stereocenters. The quantitative estimate of drug-likeness (QED) is 0.842. The second-order valence-electron chi connectivity index (χ2n) is 5.60. The lowest BCUT2D eigenvalue weighted by molar-refractivity contribution is 0.362. The molecule has 0 saturated heterocycles. The zero-order chi connectivity index (χ0) is 13.7. The van der Waals surface area contributed by atoms with Gasteiger partial charge in [-0.25, -0.2) is 0 Å². The third kappa shape index (κ3) is 3.64. The van der Waals surface area contributed by atoms with Gasteiger partial charge in [-0.15, -0.1) is 0 Å². The Kier molecular flexibility index (Phi) is 4.68. The van der Waals surface area contributed by atoms with Crippen LogP contribution in [-0.2, 0) is 6.42 Å². The SMILES string of the molecule is CN(CC1CCCCC1)c1ccc(N)c(CC#N)c1. The van der Waals surface area contributed by atoms with E-state index in [9.17, 15) is 0 Å². The summed E-state index contributed by atoms with van der Waals surface area (Å²) in [5, 5.41) is 8.82. The van der Waals surface area contributed by atoms with Gasteiger partial charge in [-0.3, -0.25) is 0 Å². The highest BCUT2D eigenvalue weighted by atomic mass is 15.1. The summed E-state index contributed by atoms with van der Waals surface area (Å²) in [4.78, 5) is 2.30. The van der Waals surface area contributed by atoms with Crippen molar-refractivity contribution in [2.45, 2.75) is 38.5 Å². The van der Waals surface area contributed by atoms with Crippen molar-refractivity contribution in [1.82, 2.24) is 0 Å². The molecule has 1 aliphatic carbocycles. The Balaban J connectivity index is 2.03. The minimum Gasteiger partial charge on any atom is -0.398 e. The molecule has 1 aromatic carbocycles. The maximum absolute atomic E-state index is 8.82. The summed E-state index contributed by atoms with van der Waals surface area (Å²) in [6.45, 7) is 1.11. The monoisotopic (exact) mass is 257 g/mol. The number of benzene rings is 1. The Hall–Kier alpha value is -1.69. The van der Waals surface area contributed by atoms with E-state index in [1.807, 2.05) is 6.07 Å². The van der Waals surface area contributed by atoms with Gasteiger partial charge in [0.25, 0.3) is 0 Å². The van der Waals surface area contributed by atoms with Gasteiger partial charge in [0, 0.05) is 25.0 Å². The molecule has 1 aliphatic rings. The Morgan fingerprint density at radius 3 is 2.74 bits per heavy atom. The van der Waals surface area contributed by atoms with E-state index in [1.54, 1.807) is 0 Å². The molecule has 1 fully saturated rings. The van der Waals surface area contributed by atoms with Crippen molar-refractivity contribution in [3.8, 4) is 6.07 Å². The van der Waals surface area contributed by atoms with Crippen LogP contribution in [0.3, 0.4) is 0 Å². The maximum atomic E-state index is 8.82. The van der Waals surface area contributed by atoms with E-state index in [-0.39, 0.29) is 0 Å². The first-order valence-corrected chi connectivity index (χ1v) is 7.17. The highest BCUT2D eigenvalue weighted by molar-refractivity contribution is 5.59. The molecule has 0 radical (unpaired) electrons. The molecular weight excluding hydrogens is 234 g/mol. The van der Waals surface area contributed by atoms with Crippen molar-refractivity contribution in [3.63, 3.8) is 0 Å². The predicted octanol–water partition coefficient (Wildman–Crippen LogP) is 3.35. The third-order valence-electron chi connectivity index (χ3n) is 4.09. The van der Waals surface area contributed by atoms with Crippen LogP contribution >= 0.6 is 0 Å². The van der Waals surface area contributed by atoms with Crippen molar-refractivity contribution in [1.29, 1.82) is 5.26 Å². The fraction of sp³-hybridized carbons (Fsp3) is 0.562. The summed E-state index contributed by atoms with van der Waals surface area (Å²) < 4.78 is 0. The minimum atomic E-state index is 0.386. The minimum absolute atomic E-state index is 0.386. The summed E-state index contributed by atoms with van der Waals surface area (Å²) in [5.41, 5.74) is 8.72. The molecule has 0 atom stereocenters. The van der Waals surface area contributed by atoms with Crippen LogP contribution in [0.2, 0.25) is 0 Å². The molecule has 3 nitrogen and oxygen atoms in total. The van der Waals surface area contributed by atoms with Crippen LogP contribution in [0.1, 0.15) is 37.7 Å². The first-order valence-electron chi connectivity index (χ1n) is 7.17. The van der Waals surface area contributed by atoms with Gasteiger partial charge in [-0.05, 0) is 42.5 Å². The number of nitrogen functional groups attached to an aromatic ring is 1. The lowest BCUT2D eigenvalue weighted by atomic mass is 9.89. The predicted molar refractivity (Wildman–Crippen MR) is 80.0 cm³/mol. The van der Waals surface area contributed by atoms with E-state index in [1.165, 1.54) is 37.8 Å². The number of rotatable bonds is 4. The molecule has 0 spiro atoms. The lowest BCUT2D eigenvalue weighted by Crippen LogP contribution is -2.26. The van der Waals surface area contributed by atoms with Crippen LogP contribution in [0.25, 0.3) is 0 Å². The highest BCUT2D eigenvalue weighted by Crippen LogP contribution is 2.27. The smallest absolute Gasteiger partial charge is 0.0670 e. The van der Waals surface area contributed by atoms with Crippen molar-refractivity contribution in [3.05, 3.63) is 23.8 Å². The van der Waals surface area contributed by atoms with Gasteiger partial charge in [0.1, 0.15) is 0 Å². The van der Waals surface area contributed by atoms with Crippen LogP contribution in [0, 0.1) is 17.2 Å². The highest BCUT2D eigenvalue weighted by Gasteiger charge is 2.16. The van der Waals surface area contributed by atoms with Gasteiger partial charge in [-0.1, -0.05) is 19.3 Å². The number of hydrogen-bond donors (Lipinski definition) is 1. The molecule has 1 saturated carbocycles. The van der Waals surface area contributed by atoms with E-state index < -0.39 is 0 Å². The molecule has 19 heavy (non-hydrogen) atoms. The van der Waals surface area contributed by atoms with Crippen molar-refractivity contribution in [2.75, 3.05) is 24.2 Å². The normalized spacial score (nSPS) is 16.0. The molecule has 1 aromatic rings. The molecule has 2 rings (SSSR count). The van der Waals surface area contributed by atoms with Crippen LogP contribution < -0.4 is 10.6 Å². The number of nitrogens with zero attached hydrogens (tertiary/aromatic N) is 2. The van der Waals surface area contributed by atoms with Crippen LogP contribution in [-0.4, -0.2) is 13.6 Å². The maximum Gasteiger partial charge on any atom is 0.0670 e. The standard InChI is InChI=1S/C16H23N3/c1-19(12-13-5-3-2-4-6-13)15-7-8-16(18)14(11-15)9-10-17/h7-8,11,13H,2-6,9,12,18H2,1H3. The molecule has 0 heterocycles. The molecule has 2 N–H and O–H groups in total. The van der Waals surface area contributed by atoms with Gasteiger partial charge < -0.3 is 10.6 Å². The Labute approximate surface area is 116 Å². The number of hydrogen-bond acceptors (Lipinski definition) is 3. The molecular formula is C16H23N3. The summed E-state index contributed by atoms with van der Waals surface area (Å²) in [6.07, 6.45) is 7.24. The zero-order valence-corrected chi connectivity index (χ0v) is 11.7. The second-order valence-corrected chi connectivity index (χ2v) is 5.60. The molecule has 102 valence electrons. The molecule has 0 aliphatic heterocycles. The van der Waals surface area contributed by atoms with Crippen molar-refractivity contribution < 1.29 is 0 Å². The summed E-state index contributed by atoms with van der Waals surface area (Å²) in [6, 6.07) is 8.20. The Bertz CT molecular complexity index is 456. The van der Waals surface area contributed by atoms with Crippen molar-refractivity contribution >= 4 is 11.4 Å². The zero-order valence-electron chi connectivity index (χ0n) is 11.7. The van der Waals surface area contributed by atoms with E-state index in [2.05, 4.69) is 30.1 Å². The largest absolute Gasteiger partial charge is 0.398 e. The van der Waals surface area contributed by atoms with Gasteiger partial charge in [0.05, 0.1) is 12.5 Å². The summed E-state index contributed by atoms with van der Waals surface area (Å²) in [7, 11) is 2.14. The van der Waals surface area contributed by atoms with Crippen LogP contribution in [0.4, 0.5) is 11.4 Å². The van der Waals surface area contributed by atoms with Gasteiger partial charge in [0.2, 0.25) is 0 Å². The second kappa shape index (κ2) is 6.47. The lowest BCUT2D eigenvalue weighted by Gasteiger charge is -2.28. The number of nitrogens with two attached hydrogens (primary N) is 1. The average Bonchev–Trinajstić information content (AvgIpc) is 2.42. The summed E-state index contributed by atoms with van der Waals surface area (Å²) in [5.74, 6) is 0.815. The Morgan fingerprint density at radius 2 is 2.05 bits per heavy atom. The number of nitriles is 1. The van der Waals surface area contributed by atoms with Gasteiger partial charge in [0.15, 0.2) is 0 Å². The van der Waals surface area contributed by atoms with Crippen LogP contribution in [0.15, 0.2) is 18.2 Å². The molecule has 0 amide bonds. The van der Waals surface area contributed by atoms with Gasteiger partial charge >= 0.3 is 0 Å². The van der Waals surface area contributed by atoms with E-state index in [4.69, 9.17) is 11.0 Å². The van der Waals surface area contributed by atoms with Crippen LogP contribution in [0.5, 0.6) is 0 Å². The molecule has 0 aromatic heterocycles. The summed E-state index contributed by atoms with van der Waals surface area (Å²) >= 11 is 0. The Morgan fingerprint density at radius 1 is 1.32 bits per heavy atom. The number of anilines is 2. The fourth-order valence-corrected chi connectivity index (χ4v) is 2.93. The van der Waals surface area contributed by atoms with E-state index in [0.29, 0.717) is 6.42 Å². The first kappa shape index (κ1) is 13.7. The topological polar surface area (TPSA) is 53.0 Å². The third-order valence-corrected chi connectivity index (χ3v) is 4.09. The first-order chi connectivity index (χ1) is 9.20. The van der Waals surface area contributed by atoms with Crippen molar-refractivity contribution in [2.24, 2.45) is 5.92 Å². The van der Waals surface area contributed by atoms with E-state index >= 15 is 0 Å². The fourth-order valence-electron chi connectivity index (χ4n) is 2.93.